The maximum atomic E-state index is 11.9. The molecule has 0 aromatic carbocycles. The van der Waals surface area contributed by atoms with Crippen molar-refractivity contribution < 1.29 is 14.7 Å². The third-order valence-electron chi connectivity index (χ3n) is 3.23. The van der Waals surface area contributed by atoms with E-state index in [9.17, 15) is 14.7 Å². The Hall–Kier alpha value is -1.91. The van der Waals surface area contributed by atoms with Crippen LogP contribution in [0.3, 0.4) is 0 Å². The minimum absolute atomic E-state index is 0.0335. The summed E-state index contributed by atoms with van der Waals surface area (Å²) < 4.78 is 0. The van der Waals surface area contributed by atoms with Crippen LogP contribution in [-0.4, -0.2) is 32.9 Å². The molecule has 0 radical (unpaired) electrons. The van der Waals surface area contributed by atoms with Crippen LogP contribution in [0.1, 0.15) is 32.0 Å². The fourth-order valence-electron chi connectivity index (χ4n) is 2.49. The number of rotatable bonds is 3. The van der Waals surface area contributed by atoms with Crippen molar-refractivity contribution in [1.29, 1.82) is 0 Å². The number of aliphatic carboxylic acids is 1. The van der Waals surface area contributed by atoms with E-state index in [1.165, 1.54) is 0 Å². The highest BCUT2D eigenvalue weighted by Gasteiger charge is 2.46. The number of carbonyl (C=O) groups is 2. The Morgan fingerprint density at radius 3 is 2.72 bits per heavy atom. The fraction of sp³-hybridized carbons (Fsp3) is 0.462. The standard InChI is InChI=1S/C13H16N2O3/c1-8(2)15-11(16)7-9(13(17)18)12(15)10-5-3-4-6-14-10/h3-6,8-9,12H,7H2,1-2H3,(H,17,18)/t9-,12+/m0/s1. The maximum Gasteiger partial charge on any atom is 0.309 e. The molecule has 1 aliphatic heterocycles. The van der Waals surface area contributed by atoms with Gasteiger partial charge in [0.05, 0.1) is 17.7 Å². The Kier molecular flexibility index (Phi) is 3.32. The molecule has 2 rings (SSSR count). The zero-order valence-electron chi connectivity index (χ0n) is 10.4. The molecule has 96 valence electrons. The molecule has 0 spiro atoms. The highest BCUT2D eigenvalue weighted by molar-refractivity contribution is 5.87. The summed E-state index contributed by atoms with van der Waals surface area (Å²) in [5.41, 5.74) is 0.643. The summed E-state index contributed by atoms with van der Waals surface area (Å²) in [6, 6.07) is 4.86. The van der Waals surface area contributed by atoms with Crippen molar-refractivity contribution in [2.75, 3.05) is 0 Å². The molecule has 5 heteroatoms. The first-order chi connectivity index (χ1) is 8.52. The quantitative estimate of drug-likeness (QED) is 0.879. The van der Waals surface area contributed by atoms with E-state index in [2.05, 4.69) is 4.98 Å². The van der Waals surface area contributed by atoms with Gasteiger partial charge in [0.2, 0.25) is 5.91 Å². The first-order valence-corrected chi connectivity index (χ1v) is 5.97. The molecule has 2 heterocycles. The largest absolute Gasteiger partial charge is 0.481 e. The van der Waals surface area contributed by atoms with Gasteiger partial charge >= 0.3 is 5.97 Å². The number of hydrogen-bond donors (Lipinski definition) is 1. The zero-order valence-corrected chi connectivity index (χ0v) is 10.4. The number of likely N-dealkylation sites (tertiary alicyclic amines) is 1. The lowest BCUT2D eigenvalue weighted by atomic mass is 9.97. The second-order valence-corrected chi connectivity index (χ2v) is 4.74. The SMILES string of the molecule is CC(C)N1C(=O)C[C@H](C(=O)O)[C@@H]1c1ccccn1. The highest BCUT2D eigenvalue weighted by Crippen LogP contribution is 2.38. The molecule has 1 aliphatic rings. The molecule has 1 fully saturated rings. The second kappa shape index (κ2) is 4.76. The van der Waals surface area contributed by atoms with Gasteiger partial charge in [0, 0.05) is 18.7 Å². The van der Waals surface area contributed by atoms with Gasteiger partial charge in [0.25, 0.3) is 0 Å². The minimum Gasteiger partial charge on any atom is -0.481 e. The number of carboxylic acids is 1. The van der Waals surface area contributed by atoms with Gasteiger partial charge in [-0.05, 0) is 26.0 Å². The molecule has 2 atom stereocenters. The lowest BCUT2D eigenvalue weighted by Crippen LogP contribution is -2.36. The van der Waals surface area contributed by atoms with Gasteiger partial charge in [0.1, 0.15) is 0 Å². The molecule has 0 saturated carbocycles. The number of aromatic nitrogens is 1. The molecule has 0 unspecified atom stereocenters. The van der Waals surface area contributed by atoms with Gasteiger partial charge in [-0.3, -0.25) is 14.6 Å². The van der Waals surface area contributed by atoms with Gasteiger partial charge in [0.15, 0.2) is 0 Å². The molecule has 5 nitrogen and oxygen atoms in total. The highest BCUT2D eigenvalue weighted by atomic mass is 16.4. The van der Waals surface area contributed by atoms with Crippen LogP contribution >= 0.6 is 0 Å². The number of pyridine rings is 1. The topological polar surface area (TPSA) is 70.5 Å². The summed E-state index contributed by atoms with van der Waals surface area (Å²) in [5.74, 6) is -1.77. The van der Waals surface area contributed by atoms with Gasteiger partial charge in [-0.15, -0.1) is 0 Å². The van der Waals surface area contributed by atoms with E-state index in [-0.39, 0.29) is 18.4 Å². The molecule has 18 heavy (non-hydrogen) atoms. The summed E-state index contributed by atoms with van der Waals surface area (Å²) in [6.45, 7) is 3.77. The number of amides is 1. The second-order valence-electron chi connectivity index (χ2n) is 4.74. The predicted molar refractivity (Wildman–Crippen MR) is 64.7 cm³/mol. The number of nitrogens with zero attached hydrogens (tertiary/aromatic N) is 2. The van der Waals surface area contributed by atoms with E-state index in [0.29, 0.717) is 5.69 Å². The summed E-state index contributed by atoms with van der Waals surface area (Å²) in [5, 5.41) is 9.26. The van der Waals surface area contributed by atoms with Crippen LogP contribution in [0, 0.1) is 5.92 Å². The van der Waals surface area contributed by atoms with Crippen LogP contribution in [-0.2, 0) is 9.59 Å². The molecule has 1 N–H and O–H groups in total. The molecule has 1 aromatic rings. The molecule has 1 amide bonds. The maximum absolute atomic E-state index is 11.9. The van der Waals surface area contributed by atoms with Crippen molar-refractivity contribution in [2.45, 2.75) is 32.4 Å². The summed E-state index contributed by atoms with van der Waals surface area (Å²) in [6.07, 6.45) is 1.67. The van der Waals surface area contributed by atoms with E-state index in [1.54, 1.807) is 23.2 Å². The Bertz CT molecular complexity index is 459. The average molecular weight is 248 g/mol. The van der Waals surface area contributed by atoms with Crippen molar-refractivity contribution in [3.8, 4) is 0 Å². The van der Waals surface area contributed by atoms with E-state index < -0.39 is 17.9 Å². The lowest BCUT2D eigenvalue weighted by molar-refractivity contribution is -0.142. The van der Waals surface area contributed by atoms with E-state index in [1.807, 2.05) is 19.9 Å². The normalized spacial score (nSPS) is 23.7. The lowest BCUT2D eigenvalue weighted by Gasteiger charge is -2.29. The summed E-state index contributed by atoms with van der Waals surface area (Å²) in [7, 11) is 0. The van der Waals surface area contributed by atoms with Crippen molar-refractivity contribution >= 4 is 11.9 Å². The smallest absolute Gasteiger partial charge is 0.309 e. The number of carboxylic acid groups (broad SMARTS) is 1. The van der Waals surface area contributed by atoms with Crippen molar-refractivity contribution in [2.24, 2.45) is 5.92 Å². The Morgan fingerprint density at radius 1 is 1.50 bits per heavy atom. The van der Waals surface area contributed by atoms with Crippen LogP contribution in [0.5, 0.6) is 0 Å². The first kappa shape index (κ1) is 12.5. The molecular weight excluding hydrogens is 232 g/mol. The molecule has 0 aliphatic carbocycles. The fourth-order valence-corrected chi connectivity index (χ4v) is 2.49. The molecule has 1 saturated heterocycles. The van der Waals surface area contributed by atoms with E-state index in [4.69, 9.17) is 0 Å². The van der Waals surface area contributed by atoms with Crippen molar-refractivity contribution in [1.82, 2.24) is 9.88 Å². The van der Waals surface area contributed by atoms with E-state index in [0.717, 1.165) is 0 Å². The molecular formula is C13H16N2O3. The Balaban J connectivity index is 2.43. The van der Waals surface area contributed by atoms with Crippen LogP contribution in [0.2, 0.25) is 0 Å². The first-order valence-electron chi connectivity index (χ1n) is 5.97. The van der Waals surface area contributed by atoms with Gasteiger partial charge in [-0.2, -0.15) is 0 Å². The third kappa shape index (κ3) is 2.08. The van der Waals surface area contributed by atoms with Gasteiger partial charge in [-0.1, -0.05) is 6.07 Å². The third-order valence-corrected chi connectivity index (χ3v) is 3.23. The van der Waals surface area contributed by atoms with Gasteiger partial charge in [-0.25, -0.2) is 0 Å². The molecule has 0 bridgehead atoms. The van der Waals surface area contributed by atoms with Crippen LogP contribution in [0.25, 0.3) is 0 Å². The minimum atomic E-state index is -0.942. The van der Waals surface area contributed by atoms with Crippen LogP contribution in [0.4, 0.5) is 0 Å². The Labute approximate surface area is 105 Å². The number of carbonyl (C=O) groups excluding carboxylic acids is 1. The van der Waals surface area contributed by atoms with Crippen LogP contribution in [0.15, 0.2) is 24.4 Å². The Morgan fingerprint density at radius 2 is 2.22 bits per heavy atom. The number of hydrogen-bond acceptors (Lipinski definition) is 3. The van der Waals surface area contributed by atoms with Gasteiger partial charge < -0.3 is 10.0 Å². The monoisotopic (exact) mass is 248 g/mol. The summed E-state index contributed by atoms with van der Waals surface area (Å²) >= 11 is 0. The van der Waals surface area contributed by atoms with E-state index >= 15 is 0 Å². The summed E-state index contributed by atoms with van der Waals surface area (Å²) in [4.78, 5) is 29.1. The predicted octanol–water partition coefficient (Wildman–Crippen LogP) is 1.46. The zero-order chi connectivity index (χ0) is 13.3. The van der Waals surface area contributed by atoms with Crippen molar-refractivity contribution in [3.05, 3.63) is 30.1 Å². The average Bonchev–Trinajstić information content (AvgIpc) is 2.68. The van der Waals surface area contributed by atoms with Crippen molar-refractivity contribution in [3.63, 3.8) is 0 Å². The van der Waals surface area contributed by atoms with Crippen LogP contribution < -0.4 is 0 Å². The molecule has 1 aromatic heterocycles.